The van der Waals surface area contributed by atoms with E-state index in [1.54, 1.807) is 6.26 Å². The standard InChI is InChI=1S/C22H23BrN4O2/c1-15-16(2)27(13-19-5-4-10-29-19)22(20(15)11-24)25-21(28)14-26(3)12-17-6-8-18(23)9-7-17/h4-10H,12-14H2,1-3H3,(H,25,28). The minimum absolute atomic E-state index is 0.167. The van der Waals surface area contributed by atoms with E-state index in [1.807, 2.05) is 66.8 Å². The van der Waals surface area contributed by atoms with Crippen molar-refractivity contribution in [2.24, 2.45) is 0 Å². The number of furan rings is 1. The van der Waals surface area contributed by atoms with Gasteiger partial charge in [0.05, 0.1) is 24.9 Å². The Morgan fingerprint density at radius 2 is 2.00 bits per heavy atom. The van der Waals surface area contributed by atoms with E-state index in [1.165, 1.54) is 0 Å². The normalized spacial score (nSPS) is 10.9. The molecule has 150 valence electrons. The number of likely N-dealkylation sites (N-methyl/N-ethyl adjacent to an activating group) is 1. The molecular weight excluding hydrogens is 432 g/mol. The Balaban J connectivity index is 1.74. The highest BCUT2D eigenvalue weighted by atomic mass is 79.9. The highest BCUT2D eigenvalue weighted by Gasteiger charge is 2.20. The van der Waals surface area contributed by atoms with Gasteiger partial charge >= 0.3 is 0 Å². The molecule has 0 saturated heterocycles. The highest BCUT2D eigenvalue weighted by Crippen LogP contribution is 2.27. The molecule has 1 N–H and O–H groups in total. The lowest BCUT2D eigenvalue weighted by Gasteiger charge is -2.17. The third-order valence-electron chi connectivity index (χ3n) is 4.87. The Kier molecular flexibility index (Phi) is 6.57. The number of hydrogen-bond donors (Lipinski definition) is 1. The number of rotatable bonds is 7. The van der Waals surface area contributed by atoms with Crippen LogP contribution in [0, 0.1) is 25.2 Å². The quantitative estimate of drug-likeness (QED) is 0.571. The second-order valence-corrected chi connectivity index (χ2v) is 7.97. The first-order valence-electron chi connectivity index (χ1n) is 9.24. The largest absolute Gasteiger partial charge is 0.467 e. The average molecular weight is 455 g/mol. The maximum atomic E-state index is 12.7. The molecule has 2 aromatic heterocycles. The van der Waals surface area contributed by atoms with Gasteiger partial charge in [0, 0.05) is 16.7 Å². The lowest BCUT2D eigenvalue weighted by molar-refractivity contribution is -0.117. The molecule has 3 aromatic rings. The van der Waals surface area contributed by atoms with Gasteiger partial charge in [0.15, 0.2) is 0 Å². The van der Waals surface area contributed by atoms with Crippen molar-refractivity contribution >= 4 is 27.7 Å². The summed E-state index contributed by atoms with van der Waals surface area (Å²) >= 11 is 3.43. The Bertz CT molecular complexity index is 1030. The van der Waals surface area contributed by atoms with E-state index in [2.05, 4.69) is 27.3 Å². The molecule has 2 heterocycles. The maximum absolute atomic E-state index is 12.7. The van der Waals surface area contributed by atoms with Crippen LogP contribution >= 0.6 is 15.9 Å². The van der Waals surface area contributed by atoms with E-state index in [0.717, 1.165) is 27.1 Å². The Hall–Kier alpha value is -2.82. The number of carbonyl (C=O) groups is 1. The summed E-state index contributed by atoms with van der Waals surface area (Å²) in [6, 6.07) is 13.9. The molecule has 3 rings (SSSR count). The minimum Gasteiger partial charge on any atom is -0.467 e. The topological polar surface area (TPSA) is 74.2 Å². The van der Waals surface area contributed by atoms with Crippen molar-refractivity contribution in [3.8, 4) is 6.07 Å². The third-order valence-corrected chi connectivity index (χ3v) is 5.40. The average Bonchev–Trinajstić information content (AvgIpc) is 3.26. The molecule has 0 spiro atoms. The lowest BCUT2D eigenvalue weighted by atomic mass is 10.2. The molecule has 6 nitrogen and oxygen atoms in total. The molecule has 0 aliphatic heterocycles. The number of benzene rings is 1. The van der Waals surface area contributed by atoms with Crippen molar-refractivity contribution in [1.29, 1.82) is 5.26 Å². The molecule has 29 heavy (non-hydrogen) atoms. The summed E-state index contributed by atoms with van der Waals surface area (Å²) < 4.78 is 8.38. The molecule has 0 fully saturated rings. The van der Waals surface area contributed by atoms with Crippen LogP contribution in [0.25, 0.3) is 0 Å². The van der Waals surface area contributed by atoms with Crippen LogP contribution < -0.4 is 5.32 Å². The fourth-order valence-corrected chi connectivity index (χ4v) is 3.52. The summed E-state index contributed by atoms with van der Waals surface area (Å²) in [5.74, 6) is 1.11. The molecule has 1 aromatic carbocycles. The summed E-state index contributed by atoms with van der Waals surface area (Å²) in [6.45, 7) is 5.14. The van der Waals surface area contributed by atoms with Gasteiger partial charge in [-0.1, -0.05) is 28.1 Å². The Labute approximate surface area is 178 Å². The summed E-state index contributed by atoms with van der Waals surface area (Å²) in [4.78, 5) is 14.6. The third kappa shape index (κ3) is 4.97. The van der Waals surface area contributed by atoms with Gasteiger partial charge in [0.25, 0.3) is 0 Å². The Morgan fingerprint density at radius 1 is 1.28 bits per heavy atom. The van der Waals surface area contributed by atoms with Crippen molar-refractivity contribution in [1.82, 2.24) is 9.47 Å². The predicted octanol–water partition coefficient (Wildman–Crippen LogP) is 4.45. The van der Waals surface area contributed by atoms with Crippen molar-refractivity contribution < 1.29 is 9.21 Å². The van der Waals surface area contributed by atoms with Gasteiger partial charge in [-0.25, -0.2) is 0 Å². The first-order valence-corrected chi connectivity index (χ1v) is 10.0. The zero-order valence-corrected chi connectivity index (χ0v) is 18.3. The minimum atomic E-state index is -0.167. The van der Waals surface area contributed by atoms with E-state index in [-0.39, 0.29) is 12.5 Å². The first kappa shape index (κ1) is 20.9. The van der Waals surface area contributed by atoms with Crippen LogP contribution in [0.4, 0.5) is 5.82 Å². The molecule has 0 aliphatic rings. The predicted molar refractivity (Wildman–Crippen MR) is 116 cm³/mol. The number of nitriles is 1. The summed E-state index contributed by atoms with van der Waals surface area (Å²) in [5.41, 5.74) is 3.39. The van der Waals surface area contributed by atoms with Gasteiger partial charge in [-0.2, -0.15) is 5.26 Å². The fourth-order valence-electron chi connectivity index (χ4n) is 3.26. The highest BCUT2D eigenvalue weighted by molar-refractivity contribution is 9.10. The van der Waals surface area contributed by atoms with Gasteiger partial charge in [-0.3, -0.25) is 9.69 Å². The number of nitrogens with one attached hydrogen (secondary N) is 1. The number of anilines is 1. The van der Waals surface area contributed by atoms with Gasteiger partial charge in [-0.05, 0) is 56.3 Å². The van der Waals surface area contributed by atoms with E-state index < -0.39 is 0 Å². The van der Waals surface area contributed by atoms with Crippen LogP contribution in [0.3, 0.4) is 0 Å². The summed E-state index contributed by atoms with van der Waals surface area (Å²) in [5, 5.41) is 12.6. The van der Waals surface area contributed by atoms with Crippen molar-refractivity contribution in [2.45, 2.75) is 26.9 Å². The molecular formula is C22H23BrN4O2. The van der Waals surface area contributed by atoms with Crippen LogP contribution in [0.5, 0.6) is 0 Å². The smallest absolute Gasteiger partial charge is 0.239 e. The zero-order chi connectivity index (χ0) is 21.0. The number of amides is 1. The van der Waals surface area contributed by atoms with Crippen LogP contribution in [0.2, 0.25) is 0 Å². The van der Waals surface area contributed by atoms with Gasteiger partial charge in [-0.15, -0.1) is 0 Å². The van der Waals surface area contributed by atoms with Crippen LogP contribution in [0.15, 0.2) is 51.6 Å². The maximum Gasteiger partial charge on any atom is 0.239 e. The van der Waals surface area contributed by atoms with Crippen LogP contribution in [-0.4, -0.2) is 29.0 Å². The first-order chi connectivity index (χ1) is 13.9. The Morgan fingerprint density at radius 3 is 2.62 bits per heavy atom. The van der Waals surface area contributed by atoms with Gasteiger partial charge in [0.1, 0.15) is 17.6 Å². The second-order valence-electron chi connectivity index (χ2n) is 7.06. The molecule has 0 atom stereocenters. The van der Waals surface area contributed by atoms with Crippen LogP contribution in [0.1, 0.15) is 28.1 Å². The SMILES string of the molecule is Cc1c(C#N)c(NC(=O)CN(C)Cc2ccc(Br)cc2)n(Cc2ccco2)c1C. The van der Waals surface area contributed by atoms with E-state index >= 15 is 0 Å². The van der Waals surface area contributed by atoms with Crippen molar-refractivity contribution in [3.05, 3.63) is 75.3 Å². The second kappa shape index (κ2) is 9.12. The molecule has 7 heteroatoms. The molecule has 0 unspecified atom stereocenters. The molecule has 0 radical (unpaired) electrons. The monoisotopic (exact) mass is 454 g/mol. The summed E-state index contributed by atoms with van der Waals surface area (Å²) in [7, 11) is 1.89. The number of halogens is 1. The molecule has 0 aliphatic carbocycles. The number of aromatic nitrogens is 1. The molecule has 1 amide bonds. The van der Waals surface area contributed by atoms with Crippen molar-refractivity contribution in [2.75, 3.05) is 18.9 Å². The molecule has 0 bridgehead atoms. The number of nitrogens with zero attached hydrogens (tertiary/aromatic N) is 3. The molecule has 0 saturated carbocycles. The fraction of sp³-hybridized carbons (Fsp3) is 0.273. The number of carbonyl (C=O) groups excluding carboxylic acids is 1. The number of hydrogen-bond acceptors (Lipinski definition) is 4. The summed E-state index contributed by atoms with van der Waals surface area (Å²) in [6.07, 6.45) is 1.61. The van der Waals surface area contributed by atoms with E-state index in [0.29, 0.717) is 24.5 Å². The van der Waals surface area contributed by atoms with Crippen LogP contribution in [-0.2, 0) is 17.9 Å². The van der Waals surface area contributed by atoms with E-state index in [9.17, 15) is 10.1 Å². The van der Waals surface area contributed by atoms with Crippen molar-refractivity contribution in [3.63, 3.8) is 0 Å². The van der Waals surface area contributed by atoms with Gasteiger partial charge in [0.2, 0.25) is 5.91 Å². The lowest BCUT2D eigenvalue weighted by Crippen LogP contribution is -2.30. The van der Waals surface area contributed by atoms with E-state index in [4.69, 9.17) is 4.42 Å². The zero-order valence-electron chi connectivity index (χ0n) is 16.7. The van der Waals surface area contributed by atoms with Gasteiger partial charge < -0.3 is 14.3 Å².